The Labute approximate surface area is 108 Å². The van der Waals surface area contributed by atoms with E-state index in [-0.39, 0.29) is 12.6 Å². The SMILES string of the molecule is NCC(c1ccccn1)N1CCN(CCO)CC1. The van der Waals surface area contributed by atoms with Crippen molar-refractivity contribution in [3.63, 3.8) is 0 Å². The van der Waals surface area contributed by atoms with Gasteiger partial charge in [0.25, 0.3) is 0 Å². The molecular weight excluding hydrogens is 228 g/mol. The Kier molecular flexibility index (Phi) is 5.07. The average molecular weight is 250 g/mol. The minimum Gasteiger partial charge on any atom is -0.395 e. The highest BCUT2D eigenvalue weighted by Crippen LogP contribution is 2.18. The third-order valence-corrected chi connectivity index (χ3v) is 3.52. The molecular formula is C13H22N4O. The first-order valence-corrected chi connectivity index (χ1v) is 6.53. The maximum absolute atomic E-state index is 8.93. The minimum atomic E-state index is 0.211. The van der Waals surface area contributed by atoms with Crippen LogP contribution in [0.15, 0.2) is 24.4 Å². The minimum absolute atomic E-state index is 0.211. The van der Waals surface area contributed by atoms with E-state index in [0.29, 0.717) is 6.54 Å². The zero-order valence-electron chi connectivity index (χ0n) is 10.7. The van der Waals surface area contributed by atoms with Crippen LogP contribution in [0.1, 0.15) is 11.7 Å². The van der Waals surface area contributed by atoms with E-state index in [9.17, 15) is 0 Å². The molecule has 100 valence electrons. The maximum Gasteiger partial charge on any atom is 0.0645 e. The summed E-state index contributed by atoms with van der Waals surface area (Å²) in [7, 11) is 0. The highest BCUT2D eigenvalue weighted by Gasteiger charge is 2.24. The monoisotopic (exact) mass is 250 g/mol. The number of hydrogen-bond donors (Lipinski definition) is 2. The standard InChI is InChI=1S/C13H22N4O/c14-11-13(12-3-1-2-4-15-12)17-7-5-16(6-8-17)9-10-18/h1-4,13,18H,5-11,14H2. The zero-order valence-corrected chi connectivity index (χ0v) is 10.7. The first-order valence-electron chi connectivity index (χ1n) is 6.53. The van der Waals surface area contributed by atoms with Crippen molar-refractivity contribution in [3.8, 4) is 0 Å². The van der Waals surface area contributed by atoms with Crippen molar-refractivity contribution >= 4 is 0 Å². The van der Waals surface area contributed by atoms with Gasteiger partial charge in [0.05, 0.1) is 18.3 Å². The second kappa shape index (κ2) is 6.80. The molecule has 0 radical (unpaired) electrons. The Morgan fingerprint density at radius 2 is 2.06 bits per heavy atom. The molecule has 2 rings (SSSR count). The van der Waals surface area contributed by atoms with Gasteiger partial charge < -0.3 is 10.8 Å². The number of aliphatic hydroxyl groups is 1. The van der Waals surface area contributed by atoms with Crippen LogP contribution in [-0.4, -0.2) is 65.8 Å². The predicted molar refractivity (Wildman–Crippen MR) is 71.1 cm³/mol. The molecule has 0 aromatic carbocycles. The number of β-amino-alcohol motifs (C(OH)–C–C–N with tert-alkyl or cyclic N) is 1. The van der Waals surface area contributed by atoms with Crippen LogP contribution in [0.2, 0.25) is 0 Å². The zero-order chi connectivity index (χ0) is 12.8. The van der Waals surface area contributed by atoms with Crippen LogP contribution in [-0.2, 0) is 0 Å². The fourth-order valence-corrected chi connectivity index (χ4v) is 2.47. The van der Waals surface area contributed by atoms with Crippen molar-refractivity contribution in [1.82, 2.24) is 14.8 Å². The molecule has 0 saturated carbocycles. The van der Waals surface area contributed by atoms with E-state index in [1.54, 1.807) is 0 Å². The third-order valence-electron chi connectivity index (χ3n) is 3.52. The van der Waals surface area contributed by atoms with E-state index < -0.39 is 0 Å². The highest BCUT2D eigenvalue weighted by molar-refractivity contribution is 5.09. The quantitative estimate of drug-likeness (QED) is 0.750. The lowest BCUT2D eigenvalue weighted by Crippen LogP contribution is -2.49. The molecule has 0 bridgehead atoms. The van der Waals surface area contributed by atoms with Crippen molar-refractivity contribution in [1.29, 1.82) is 0 Å². The number of nitrogens with two attached hydrogens (primary N) is 1. The molecule has 1 aliphatic heterocycles. The van der Waals surface area contributed by atoms with Gasteiger partial charge in [0.2, 0.25) is 0 Å². The van der Waals surface area contributed by atoms with Gasteiger partial charge in [-0.1, -0.05) is 6.07 Å². The molecule has 1 aliphatic rings. The van der Waals surface area contributed by atoms with Crippen molar-refractivity contribution in [2.45, 2.75) is 6.04 Å². The molecule has 3 N–H and O–H groups in total. The van der Waals surface area contributed by atoms with Gasteiger partial charge in [-0.2, -0.15) is 0 Å². The van der Waals surface area contributed by atoms with Gasteiger partial charge in [-0.15, -0.1) is 0 Å². The molecule has 1 aromatic rings. The molecule has 5 nitrogen and oxygen atoms in total. The van der Waals surface area contributed by atoms with E-state index in [4.69, 9.17) is 10.8 Å². The second-order valence-electron chi connectivity index (χ2n) is 4.61. The molecule has 0 spiro atoms. The number of pyridine rings is 1. The van der Waals surface area contributed by atoms with E-state index in [1.807, 2.05) is 24.4 Å². The Morgan fingerprint density at radius 3 is 2.61 bits per heavy atom. The maximum atomic E-state index is 8.93. The second-order valence-corrected chi connectivity index (χ2v) is 4.61. The lowest BCUT2D eigenvalue weighted by molar-refractivity contribution is 0.0844. The van der Waals surface area contributed by atoms with Crippen LogP contribution in [0.3, 0.4) is 0 Å². The van der Waals surface area contributed by atoms with Gasteiger partial charge in [-0.3, -0.25) is 14.8 Å². The van der Waals surface area contributed by atoms with Crippen LogP contribution in [0, 0.1) is 0 Å². The van der Waals surface area contributed by atoms with Gasteiger partial charge in [-0.25, -0.2) is 0 Å². The summed E-state index contributed by atoms with van der Waals surface area (Å²) in [5.74, 6) is 0. The summed E-state index contributed by atoms with van der Waals surface area (Å²) >= 11 is 0. The normalized spacial score (nSPS) is 19.9. The molecule has 0 amide bonds. The van der Waals surface area contributed by atoms with Crippen molar-refractivity contribution < 1.29 is 5.11 Å². The summed E-state index contributed by atoms with van der Waals surface area (Å²) in [4.78, 5) is 9.07. The Morgan fingerprint density at radius 1 is 1.28 bits per heavy atom. The number of hydrogen-bond acceptors (Lipinski definition) is 5. The van der Waals surface area contributed by atoms with Gasteiger partial charge in [0.15, 0.2) is 0 Å². The predicted octanol–water partition coefficient (Wildman–Crippen LogP) is -0.309. The average Bonchev–Trinajstić information content (AvgIpc) is 2.43. The Bertz CT molecular complexity index is 338. The summed E-state index contributed by atoms with van der Waals surface area (Å²) in [6, 6.07) is 6.18. The van der Waals surface area contributed by atoms with E-state index in [0.717, 1.165) is 38.4 Å². The van der Waals surface area contributed by atoms with Crippen LogP contribution in [0.4, 0.5) is 0 Å². The number of nitrogens with zero attached hydrogens (tertiary/aromatic N) is 3. The van der Waals surface area contributed by atoms with Gasteiger partial charge in [0.1, 0.15) is 0 Å². The highest BCUT2D eigenvalue weighted by atomic mass is 16.3. The topological polar surface area (TPSA) is 65.6 Å². The molecule has 1 unspecified atom stereocenters. The smallest absolute Gasteiger partial charge is 0.0645 e. The summed E-state index contributed by atoms with van der Waals surface area (Å²) in [5, 5.41) is 8.93. The first kappa shape index (κ1) is 13.4. The molecule has 1 atom stereocenters. The first-order chi connectivity index (χ1) is 8.85. The van der Waals surface area contributed by atoms with Crippen LogP contribution in [0.5, 0.6) is 0 Å². The van der Waals surface area contributed by atoms with Crippen LogP contribution >= 0.6 is 0 Å². The van der Waals surface area contributed by atoms with Crippen molar-refractivity contribution in [2.75, 3.05) is 45.9 Å². The lowest BCUT2D eigenvalue weighted by Gasteiger charge is -2.38. The number of piperazine rings is 1. The summed E-state index contributed by atoms with van der Waals surface area (Å²) in [6.45, 7) is 5.55. The van der Waals surface area contributed by atoms with E-state index >= 15 is 0 Å². The number of rotatable bonds is 5. The number of aliphatic hydroxyl groups excluding tert-OH is 1. The molecule has 1 saturated heterocycles. The Hall–Kier alpha value is -1.01. The molecule has 0 aliphatic carbocycles. The summed E-state index contributed by atoms with van der Waals surface area (Å²) in [6.07, 6.45) is 1.82. The van der Waals surface area contributed by atoms with E-state index in [1.165, 1.54) is 0 Å². The van der Waals surface area contributed by atoms with Crippen LogP contribution in [0.25, 0.3) is 0 Å². The number of aromatic nitrogens is 1. The molecule has 2 heterocycles. The van der Waals surface area contributed by atoms with Crippen molar-refractivity contribution in [2.24, 2.45) is 5.73 Å². The molecule has 18 heavy (non-hydrogen) atoms. The molecule has 1 aromatic heterocycles. The molecule has 5 heteroatoms. The van der Waals surface area contributed by atoms with E-state index in [2.05, 4.69) is 14.8 Å². The van der Waals surface area contributed by atoms with Gasteiger partial charge in [-0.05, 0) is 12.1 Å². The lowest BCUT2D eigenvalue weighted by atomic mass is 10.1. The third kappa shape index (κ3) is 3.26. The fourth-order valence-electron chi connectivity index (χ4n) is 2.47. The van der Waals surface area contributed by atoms with Gasteiger partial charge in [0, 0.05) is 45.5 Å². The summed E-state index contributed by atoms with van der Waals surface area (Å²) in [5.41, 5.74) is 6.95. The van der Waals surface area contributed by atoms with Crippen LogP contribution < -0.4 is 5.73 Å². The summed E-state index contributed by atoms with van der Waals surface area (Å²) < 4.78 is 0. The molecule has 1 fully saturated rings. The van der Waals surface area contributed by atoms with Gasteiger partial charge >= 0.3 is 0 Å². The van der Waals surface area contributed by atoms with Crippen molar-refractivity contribution in [3.05, 3.63) is 30.1 Å². The largest absolute Gasteiger partial charge is 0.395 e. The fraction of sp³-hybridized carbons (Fsp3) is 0.615. The Balaban J connectivity index is 1.95.